The van der Waals surface area contributed by atoms with Crippen molar-refractivity contribution < 1.29 is 14.1 Å². The normalized spacial score (nSPS) is 9.95. The maximum Gasteiger partial charge on any atom is 0.0414 e. The van der Waals surface area contributed by atoms with Crippen molar-refractivity contribution in [3.05, 3.63) is 28.8 Å². The van der Waals surface area contributed by atoms with Crippen LogP contribution in [0.25, 0.3) is 0 Å². The van der Waals surface area contributed by atoms with E-state index < -0.39 is 0 Å². The summed E-state index contributed by atoms with van der Waals surface area (Å²) < 4.78 is 0. The molecule has 0 heterocycles. The number of benzene rings is 1. The summed E-state index contributed by atoms with van der Waals surface area (Å²) in [5.74, 6) is 1.65. The summed E-state index contributed by atoms with van der Waals surface area (Å²) in [6.45, 7) is 13.5. The van der Waals surface area contributed by atoms with Crippen molar-refractivity contribution in [2.75, 3.05) is 0 Å². The maximum atomic E-state index is 5.48. The highest BCUT2D eigenvalue weighted by Crippen LogP contribution is 2.36. The Balaban J connectivity index is -0.000000853. The summed E-state index contributed by atoms with van der Waals surface area (Å²) in [5, 5.41) is 0. The average molecular weight is 295 g/mol. The smallest absolute Gasteiger partial charge is 0.0414 e. The molecule has 0 atom stereocenters. The zero-order valence-corrected chi connectivity index (χ0v) is 13.3. The van der Waals surface area contributed by atoms with Crippen LogP contribution in [-0.4, -0.2) is 0 Å². The van der Waals surface area contributed by atoms with E-state index >= 15 is 0 Å². The summed E-state index contributed by atoms with van der Waals surface area (Å²) in [6, 6.07) is 4.32. The second-order valence-corrected chi connectivity index (χ2v) is 5.88. The number of hydrogen-bond acceptors (Lipinski definition) is 0. The standard InChI is InChI=1S/C15H23S.3FH/c1-9(2)12-7-8-13(16)15(11(5)6)14(12)10(3)4;;;/h7-11H,1-6H3;3*1H. The van der Waals surface area contributed by atoms with Crippen molar-refractivity contribution >= 4 is 12.6 Å². The monoisotopic (exact) mass is 295 g/mol. The molecule has 19 heavy (non-hydrogen) atoms. The zero-order valence-electron chi connectivity index (χ0n) is 12.5. The Labute approximate surface area is 120 Å². The van der Waals surface area contributed by atoms with E-state index in [0.717, 1.165) is 4.90 Å². The van der Waals surface area contributed by atoms with Gasteiger partial charge in [0.05, 0.1) is 0 Å². The largest absolute Gasteiger partial charge is 0.269 e. The van der Waals surface area contributed by atoms with Gasteiger partial charge in [-0.2, -0.15) is 0 Å². The predicted molar refractivity (Wildman–Crippen MR) is 82.1 cm³/mol. The quantitative estimate of drug-likeness (QED) is 0.634. The van der Waals surface area contributed by atoms with Crippen LogP contribution in [-0.2, 0) is 0 Å². The van der Waals surface area contributed by atoms with E-state index in [0.29, 0.717) is 17.8 Å². The SMILES string of the molecule is CC(C)c1ccc([S])c(C(C)C)c1C(C)C.F.F.F. The van der Waals surface area contributed by atoms with Crippen LogP contribution >= 0.6 is 12.6 Å². The van der Waals surface area contributed by atoms with Crippen LogP contribution in [0.3, 0.4) is 0 Å². The van der Waals surface area contributed by atoms with Gasteiger partial charge in [0, 0.05) is 4.90 Å². The Bertz CT molecular complexity index is 374. The molecule has 0 bridgehead atoms. The first-order chi connectivity index (χ1) is 7.36. The molecule has 0 saturated heterocycles. The molecule has 0 N–H and O–H groups in total. The molecule has 0 aliphatic heterocycles. The predicted octanol–water partition coefficient (Wildman–Crippen LogP) is 6.07. The molecule has 0 saturated carbocycles. The second kappa shape index (κ2) is 9.18. The Morgan fingerprint density at radius 2 is 1.11 bits per heavy atom. The molecule has 0 nitrogen and oxygen atoms in total. The van der Waals surface area contributed by atoms with Crippen molar-refractivity contribution in [2.45, 2.75) is 64.2 Å². The lowest BCUT2D eigenvalue weighted by molar-refractivity contribution is 0.735. The zero-order chi connectivity index (χ0) is 12.5. The second-order valence-electron chi connectivity index (χ2n) is 5.44. The first kappa shape index (κ1) is 23.3. The molecule has 4 heteroatoms. The number of rotatable bonds is 3. The van der Waals surface area contributed by atoms with Gasteiger partial charge in [0.1, 0.15) is 0 Å². The van der Waals surface area contributed by atoms with Crippen molar-refractivity contribution in [3.63, 3.8) is 0 Å². The molecule has 1 aromatic rings. The van der Waals surface area contributed by atoms with Crippen LogP contribution in [0.15, 0.2) is 17.0 Å². The lowest BCUT2D eigenvalue weighted by Gasteiger charge is -2.23. The van der Waals surface area contributed by atoms with Gasteiger partial charge in [-0.05, 0) is 40.5 Å². The molecule has 1 aromatic carbocycles. The molecular weight excluding hydrogens is 269 g/mol. The highest BCUT2D eigenvalue weighted by Gasteiger charge is 2.18. The van der Waals surface area contributed by atoms with E-state index in [-0.39, 0.29) is 14.1 Å². The van der Waals surface area contributed by atoms with E-state index in [1.54, 1.807) is 0 Å². The highest BCUT2D eigenvalue weighted by atomic mass is 32.1. The summed E-state index contributed by atoms with van der Waals surface area (Å²) in [4.78, 5) is 1.03. The minimum atomic E-state index is 0. The average Bonchev–Trinajstić information content (AvgIpc) is 2.15. The molecule has 1 rings (SSSR count). The van der Waals surface area contributed by atoms with Gasteiger partial charge in [-0.3, -0.25) is 14.1 Å². The Kier molecular flexibility index (Phi) is 11.3. The summed E-state index contributed by atoms with van der Waals surface area (Å²) in [5.41, 5.74) is 4.33. The van der Waals surface area contributed by atoms with Crippen molar-refractivity contribution in [1.29, 1.82) is 0 Å². The Morgan fingerprint density at radius 3 is 1.42 bits per heavy atom. The number of hydrogen-bond donors (Lipinski definition) is 0. The van der Waals surface area contributed by atoms with Gasteiger partial charge in [-0.15, -0.1) is 0 Å². The molecule has 0 unspecified atom stereocenters. The molecule has 0 aromatic heterocycles. The third-order valence-electron chi connectivity index (χ3n) is 3.06. The first-order valence-electron chi connectivity index (χ1n) is 6.19. The lowest BCUT2D eigenvalue weighted by atomic mass is 9.83. The van der Waals surface area contributed by atoms with Gasteiger partial charge in [0.15, 0.2) is 0 Å². The number of halogens is 3. The summed E-state index contributed by atoms with van der Waals surface area (Å²) in [7, 11) is 0. The van der Waals surface area contributed by atoms with Crippen molar-refractivity contribution in [3.8, 4) is 0 Å². The van der Waals surface area contributed by atoms with Gasteiger partial charge in [0.25, 0.3) is 0 Å². The van der Waals surface area contributed by atoms with Crippen LogP contribution in [0.4, 0.5) is 14.1 Å². The minimum absolute atomic E-state index is 0. The third-order valence-corrected chi connectivity index (χ3v) is 3.41. The first-order valence-corrected chi connectivity index (χ1v) is 6.60. The molecule has 0 fully saturated rings. The van der Waals surface area contributed by atoms with E-state index in [9.17, 15) is 0 Å². The molecule has 113 valence electrons. The topological polar surface area (TPSA) is 0 Å². The van der Waals surface area contributed by atoms with Crippen LogP contribution in [0.5, 0.6) is 0 Å². The van der Waals surface area contributed by atoms with Crippen LogP contribution in [0.2, 0.25) is 0 Å². The lowest BCUT2D eigenvalue weighted by Crippen LogP contribution is -2.06. The minimum Gasteiger partial charge on any atom is -0.269 e. The molecule has 1 radical (unpaired) electrons. The van der Waals surface area contributed by atoms with Gasteiger partial charge in [-0.25, -0.2) is 0 Å². The fourth-order valence-corrected chi connectivity index (χ4v) is 2.79. The molecule has 0 aliphatic rings. The molecule has 0 amide bonds. The summed E-state index contributed by atoms with van der Waals surface area (Å²) in [6.07, 6.45) is 0. The van der Waals surface area contributed by atoms with E-state index in [1.807, 2.05) is 0 Å². The molecular formula is C15H26F3S. The van der Waals surface area contributed by atoms with Crippen LogP contribution < -0.4 is 0 Å². The van der Waals surface area contributed by atoms with Crippen LogP contribution in [0, 0.1) is 0 Å². The fourth-order valence-electron chi connectivity index (χ4n) is 2.38. The van der Waals surface area contributed by atoms with Crippen LogP contribution in [0.1, 0.15) is 76.0 Å². The highest BCUT2D eigenvalue weighted by molar-refractivity contribution is 7.80. The van der Waals surface area contributed by atoms with Crippen molar-refractivity contribution in [2.24, 2.45) is 0 Å². The third kappa shape index (κ3) is 5.01. The van der Waals surface area contributed by atoms with Crippen molar-refractivity contribution in [1.82, 2.24) is 0 Å². The van der Waals surface area contributed by atoms with Gasteiger partial charge < -0.3 is 0 Å². The van der Waals surface area contributed by atoms with Gasteiger partial charge in [0.2, 0.25) is 0 Å². The molecule has 0 spiro atoms. The van der Waals surface area contributed by atoms with Gasteiger partial charge in [-0.1, -0.05) is 60.2 Å². The van der Waals surface area contributed by atoms with E-state index in [1.165, 1.54) is 16.7 Å². The Morgan fingerprint density at radius 1 is 0.684 bits per heavy atom. The fraction of sp³-hybridized carbons (Fsp3) is 0.600. The molecule has 0 aliphatic carbocycles. The van der Waals surface area contributed by atoms with E-state index in [4.69, 9.17) is 12.6 Å². The Hall–Kier alpha value is -0.770. The maximum absolute atomic E-state index is 5.48. The summed E-state index contributed by atoms with van der Waals surface area (Å²) >= 11 is 5.48. The van der Waals surface area contributed by atoms with Gasteiger partial charge >= 0.3 is 0 Å². The van der Waals surface area contributed by atoms with E-state index in [2.05, 4.69) is 53.7 Å².